The van der Waals surface area contributed by atoms with Crippen molar-refractivity contribution >= 4 is 12.2 Å². The quantitative estimate of drug-likeness (QED) is 0.862. The molecule has 0 spiro atoms. The van der Waals surface area contributed by atoms with Gasteiger partial charge in [-0.15, -0.1) is 0 Å². The monoisotopic (exact) mass is 338 g/mol. The van der Waals surface area contributed by atoms with Crippen molar-refractivity contribution < 1.29 is 24.2 Å². The van der Waals surface area contributed by atoms with Gasteiger partial charge in [0.15, 0.2) is 0 Å². The van der Waals surface area contributed by atoms with Gasteiger partial charge < -0.3 is 24.8 Å². The smallest absolute Gasteiger partial charge is 0.414 e. The van der Waals surface area contributed by atoms with Crippen molar-refractivity contribution in [1.29, 1.82) is 0 Å². The highest BCUT2D eigenvalue weighted by Gasteiger charge is 2.20. The molecule has 0 saturated heterocycles. The summed E-state index contributed by atoms with van der Waals surface area (Å²) in [5.74, 6) is 0.400. The number of rotatable bonds is 5. The summed E-state index contributed by atoms with van der Waals surface area (Å²) in [5, 5.41) is 11.9. The van der Waals surface area contributed by atoms with Crippen molar-refractivity contribution in [2.45, 2.75) is 38.8 Å². The number of ether oxygens (including phenoxy) is 2. The zero-order chi connectivity index (χ0) is 18.3. The minimum atomic E-state index is -0.599. The SMILES string of the molecule is CN(C)C(=O)Oc1ccc([C@H](CCO)NC(=O)OC(C)(C)C)cc1. The number of alkyl carbamates (subject to hydrolysis) is 1. The molecule has 0 aromatic heterocycles. The second-order valence-corrected chi connectivity index (χ2v) is 6.54. The second kappa shape index (κ2) is 8.54. The van der Waals surface area contributed by atoms with E-state index in [9.17, 15) is 14.7 Å². The summed E-state index contributed by atoms with van der Waals surface area (Å²) < 4.78 is 10.4. The van der Waals surface area contributed by atoms with Crippen molar-refractivity contribution in [1.82, 2.24) is 10.2 Å². The highest BCUT2D eigenvalue weighted by molar-refractivity contribution is 5.70. The number of amides is 2. The van der Waals surface area contributed by atoms with Gasteiger partial charge in [-0.3, -0.25) is 0 Å². The molecule has 0 fully saturated rings. The summed E-state index contributed by atoms with van der Waals surface area (Å²) in [7, 11) is 3.19. The largest absolute Gasteiger partial charge is 0.444 e. The van der Waals surface area contributed by atoms with Crippen LogP contribution in [0.3, 0.4) is 0 Å². The number of nitrogens with zero attached hydrogens (tertiary/aromatic N) is 1. The minimum absolute atomic E-state index is 0.0855. The van der Waals surface area contributed by atoms with E-state index in [-0.39, 0.29) is 6.61 Å². The molecule has 0 bridgehead atoms. The van der Waals surface area contributed by atoms with Crippen molar-refractivity contribution in [3.63, 3.8) is 0 Å². The standard InChI is InChI=1S/C17H26N2O5/c1-17(2,3)24-15(21)18-14(10-11-20)12-6-8-13(9-7-12)23-16(22)19(4)5/h6-9,14,20H,10-11H2,1-5H3,(H,18,21)/t14-/m0/s1. The van der Waals surface area contributed by atoms with Crippen LogP contribution in [-0.2, 0) is 4.74 Å². The van der Waals surface area contributed by atoms with E-state index in [1.807, 2.05) is 0 Å². The molecule has 2 amide bonds. The Kier molecular flexibility index (Phi) is 7.03. The van der Waals surface area contributed by atoms with E-state index in [1.54, 1.807) is 59.1 Å². The number of carbonyl (C=O) groups excluding carboxylic acids is 2. The maximum absolute atomic E-state index is 11.9. The van der Waals surface area contributed by atoms with Crippen molar-refractivity contribution in [3.05, 3.63) is 29.8 Å². The molecule has 7 heteroatoms. The first kappa shape index (κ1) is 19.8. The Morgan fingerprint density at radius 1 is 1.21 bits per heavy atom. The fourth-order valence-electron chi connectivity index (χ4n) is 1.86. The number of hydrogen-bond donors (Lipinski definition) is 2. The Labute approximate surface area is 142 Å². The summed E-state index contributed by atoms with van der Waals surface area (Å²) in [4.78, 5) is 24.7. The molecule has 1 aromatic carbocycles. The van der Waals surface area contributed by atoms with Crippen LogP contribution in [0.5, 0.6) is 5.75 Å². The molecule has 24 heavy (non-hydrogen) atoms. The Bertz CT molecular complexity index is 549. The van der Waals surface area contributed by atoms with Crippen LogP contribution >= 0.6 is 0 Å². The molecule has 0 unspecified atom stereocenters. The number of aliphatic hydroxyl groups excluding tert-OH is 1. The zero-order valence-electron chi connectivity index (χ0n) is 14.8. The third-order valence-electron chi connectivity index (χ3n) is 2.96. The Morgan fingerprint density at radius 2 is 1.79 bits per heavy atom. The summed E-state index contributed by atoms with van der Waals surface area (Å²) in [6, 6.07) is 6.34. The summed E-state index contributed by atoms with van der Waals surface area (Å²) in [6.45, 7) is 5.25. The lowest BCUT2D eigenvalue weighted by atomic mass is 10.0. The highest BCUT2D eigenvalue weighted by Crippen LogP contribution is 2.21. The molecule has 1 aromatic rings. The maximum atomic E-state index is 11.9. The van der Waals surface area contributed by atoms with E-state index in [4.69, 9.17) is 9.47 Å². The predicted molar refractivity (Wildman–Crippen MR) is 90.0 cm³/mol. The van der Waals surface area contributed by atoms with Crippen LogP contribution in [0.1, 0.15) is 38.8 Å². The van der Waals surface area contributed by atoms with Crippen LogP contribution in [0.15, 0.2) is 24.3 Å². The van der Waals surface area contributed by atoms with E-state index in [2.05, 4.69) is 5.32 Å². The van der Waals surface area contributed by atoms with Crippen molar-refractivity contribution in [3.8, 4) is 5.75 Å². The van der Waals surface area contributed by atoms with Gasteiger partial charge in [-0.05, 0) is 44.9 Å². The molecular formula is C17H26N2O5. The topological polar surface area (TPSA) is 88.1 Å². The lowest BCUT2D eigenvalue weighted by Gasteiger charge is -2.23. The minimum Gasteiger partial charge on any atom is -0.444 e. The Hall–Kier alpha value is -2.28. The molecule has 2 N–H and O–H groups in total. The third kappa shape index (κ3) is 6.87. The molecule has 0 heterocycles. The van der Waals surface area contributed by atoms with E-state index in [0.29, 0.717) is 12.2 Å². The zero-order valence-corrected chi connectivity index (χ0v) is 14.8. The molecule has 134 valence electrons. The third-order valence-corrected chi connectivity index (χ3v) is 2.96. The number of carbonyl (C=O) groups is 2. The summed E-state index contributed by atoms with van der Waals surface area (Å²) >= 11 is 0. The average molecular weight is 338 g/mol. The fourth-order valence-corrected chi connectivity index (χ4v) is 1.86. The van der Waals surface area contributed by atoms with Gasteiger partial charge in [0.2, 0.25) is 0 Å². The van der Waals surface area contributed by atoms with Crippen LogP contribution in [0.25, 0.3) is 0 Å². The molecule has 0 saturated carbocycles. The Balaban J connectivity index is 2.78. The van der Waals surface area contributed by atoms with Crippen LogP contribution < -0.4 is 10.1 Å². The molecule has 0 radical (unpaired) electrons. The highest BCUT2D eigenvalue weighted by atomic mass is 16.6. The Morgan fingerprint density at radius 3 is 2.25 bits per heavy atom. The molecule has 0 aliphatic heterocycles. The van der Waals surface area contributed by atoms with Crippen LogP contribution in [-0.4, -0.2) is 48.5 Å². The van der Waals surface area contributed by atoms with Gasteiger partial charge >= 0.3 is 12.2 Å². The van der Waals surface area contributed by atoms with E-state index >= 15 is 0 Å². The van der Waals surface area contributed by atoms with Crippen LogP contribution in [0.2, 0.25) is 0 Å². The first-order valence-electron chi connectivity index (χ1n) is 7.72. The van der Waals surface area contributed by atoms with E-state index < -0.39 is 23.8 Å². The normalized spacial score (nSPS) is 12.2. The number of hydrogen-bond acceptors (Lipinski definition) is 5. The van der Waals surface area contributed by atoms with Gasteiger partial charge in [0.25, 0.3) is 0 Å². The first-order chi connectivity index (χ1) is 11.1. The first-order valence-corrected chi connectivity index (χ1v) is 7.72. The van der Waals surface area contributed by atoms with Crippen molar-refractivity contribution in [2.24, 2.45) is 0 Å². The lowest BCUT2D eigenvalue weighted by Crippen LogP contribution is -2.35. The summed E-state index contributed by atoms with van der Waals surface area (Å²) in [5.41, 5.74) is 0.178. The molecule has 0 aliphatic rings. The van der Waals surface area contributed by atoms with Crippen LogP contribution in [0, 0.1) is 0 Å². The van der Waals surface area contributed by atoms with Gasteiger partial charge in [0.1, 0.15) is 11.4 Å². The van der Waals surface area contributed by atoms with Gasteiger partial charge in [0.05, 0.1) is 6.04 Å². The van der Waals surface area contributed by atoms with Crippen LogP contribution in [0.4, 0.5) is 9.59 Å². The summed E-state index contributed by atoms with van der Waals surface area (Å²) in [6.07, 6.45) is -0.679. The van der Waals surface area contributed by atoms with Gasteiger partial charge in [-0.2, -0.15) is 0 Å². The maximum Gasteiger partial charge on any atom is 0.414 e. The van der Waals surface area contributed by atoms with Gasteiger partial charge in [-0.1, -0.05) is 12.1 Å². The van der Waals surface area contributed by atoms with E-state index in [1.165, 1.54) is 4.90 Å². The van der Waals surface area contributed by atoms with Gasteiger partial charge in [-0.25, -0.2) is 9.59 Å². The molecule has 0 aliphatic carbocycles. The second-order valence-electron chi connectivity index (χ2n) is 6.54. The van der Waals surface area contributed by atoms with Crippen molar-refractivity contribution in [2.75, 3.05) is 20.7 Å². The lowest BCUT2D eigenvalue weighted by molar-refractivity contribution is 0.0496. The molecule has 7 nitrogen and oxygen atoms in total. The number of nitrogens with one attached hydrogen (secondary N) is 1. The number of aliphatic hydroxyl groups is 1. The van der Waals surface area contributed by atoms with E-state index in [0.717, 1.165) is 5.56 Å². The molecule has 1 atom stereocenters. The number of benzene rings is 1. The molecule has 1 rings (SSSR count). The average Bonchev–Trinajstić information content (AvgIpc) is 2.45. The predicted octanol–water partition coefficient (Wildman–Crippen LogP) is 2.70. The molecular weight excluding hydrogens is 312 g/mol. The fraction of sp³-hybridized carbons (Fsp3) is 0.529. The van der Waals surface area contributed by atoms with Gasteiger partial charge in [0, 0.05) is 20.7 Å².